The van der Waals surface area contributed by atoms with Crippen molar-refractivity contribution < 1.29 is 22.8 Å². The third kappa shape index (κ3) is 5.72. The van der Waals surface area contributed by atoms with Crippen LogP contribution < -0.4 is 5.32 Å². The van der Waals surface area contributed by atoms with Crippen LogP contribution in [0.15, 0.2) is 24.3 Å². The van der Waals surface area contributed by atoms with E-state index in [-0.39, 0.29) is 24.7 Å². The van der Waals surface area contributed by atoms with Gasteiger partial charge in [0.15, 0.2) is 0 Å². The molecule has 0 unspecified atom stereocenters. The van der Waals surface area contributed by atoms with Gasteiger partial charge in [-0.3, -0.25) is 14.5 Å². The normalized spacial score (nSPS) is 16.0. The van der Waals surface area contributed by atoms with Crippen LogP contribution in [0.3, 0.4) is 0 Å². The minimum atomic E-state index is -4.54. The molecule has 1 aliphatic rings. The lowest BCUT2D eigenvalue weighted by Crippen LogP contribution is -2.44. The Morgan fingerprint density at radius 1 is 1.19 bits per heavy atom. The Hall–Kier alpha value is -2.09. The second kappa shape index (κ2) is 8.53. The van der Waals surface area contributed by atoms with Crippen molar-refractivity contribution in [3.8, 4) is 0 Å². The number of halogens is 3. The SMILES string of the molecule is CC1CCN(C(=O)CN(C)CC(=O)Nc2ccccc2C(F)(F)F)CC1. The van der Waals surface area contributed by atoms with E-state index >= 15 is 0 Å². The number of carbonyl (C=O) groups excluding carboxylic acids is 2. The molecule has 1 saturated heterocycles. The van der Waals surface area contributed by atoms with Crippen LogP contribution in [-0.2, 0) is 15.8 Å². The molecule has 5 nitrogen and oxygen atoms in total. The number of carbonyl (C=O) groups is 2. The maximum Gasteiger partial charge on any atom is 0.418 e. The first-order valence-electron chi connectivity index (χ1n) is 8.59. The lowest BCUT2D eigenvalue weighted by Gasteiger charge is -2.31. The smallest absolute Gasteiger partial charge is 0.342 e. The first-order valence-corrected chi connectivity index (χ1v) is 8.59. The molecule has 1 aliphatic heterocycles. The van der Waals surface area contributed by atoms with Gasteiger partial charge >= 0.3 is 6.18 Å². The van der Waals surface area contributed by atoms with Gasteiger partial charge in [0.1, 0.15) is 0 Å². The number of hydrogen-bond acceptors (Lipinski definition) is 3. The molecular formula is C18H24F3N3O2. The van der Waals surface area contributed by atoms with Crippen LogP contribution in [0.1, 0.15) is 25.3 Å². The summed E-state index contributed by atoms with van der Waals surface area (Å²) in [6, 6.07) is 4.82. The van der Waals surface area contributed by atoms with Crippen molar-refractivity contribution in [1.82, 2.24) is 9.80 Å². The van der Waals surface area contributed by atoms with Gasteiger partial charge in [0, 0.05) is 13.1 Å². The molecule has 8 heteroatoms. The average Bonchev–Trinajstić information content (AvgIpc) is 2.54. The number of amides is 2. The fourth-order valence-electron chi connectivity index (χ4n) is 2.92. The van der Waals surface area contributed by atoms with Gasteiger partial charge in [-0.2, -0.15) is 13.2 Å². The van der Waals surface area contributed by atoms with E-state index in [1.807, 2.05) is 0 Å². The standard InChI is InChI=1S/C18H24F3N3O2/c1-13-7-9-24(10-8-13)17(26)12-23(2)11-16(25)22-15-6-4-3-5-14(15)18(19,20)21/h3-6,13H,7-12H2,1-2H3,(H,22,25). The molecule has 0 atom stereocenters. The Morgan fingerprint density at radius 2 is 1.81 bits per heavy atom. The number of likely N-dealkylation sites (tertiary alicyclic amines) is 1. The molecule has 26 heavy (non-hydrogen) atoms. The highest BCUT2D eigenvalue weighted by atomic mass is 19.4. The number of nitrogens with one attached hydrogen (secondary N) is 1. The van der Waals surface area contributed by atoms with Gasteiger partial charge in [0.25, 0.3) is 0 Å². The molecule has 1 aromatic rings. The zero-order valence-corrected chi connectivity index (χ0v) is 15.0. The van der Waals surface area contributed by atoms with Crippen LogP contribution >= 0.6 is 0 Å². The number of rotatable bonds is 5. The molecule has 2 rings (SSSR count). The highest BCUT2D eigenvalue weighted by Gasteiger charge is 2.33. The van der Waals surface area contributed by atoms with Crippen LogP contribution in [0.4, 0.5) is 18.9 Å². The van der Waals surface area contributed by atoms with E-state index < -0.39 is 17.6 Å². The summed E-state index contributed by atoms with van der Waals surface area (Å²) < 4.78 is 38.9. The van der Waals surface area contributed by atoms with Crippen LogP contribution in [0, 0.1) is 5.92 Å². The van der Waals surface area contributed by atoms with Crippen LogP contribution in [0.2, 0.25) is 0 Å². The molecule has 144 valence electrons. The van der Waals surface area contributed by atoms with Crippen LogP contribution in [-0.4, -0.2) is 54.8 Å². The molecule has 1 N–H and O–H groups in total. The van der Waals surface area contributed by atoms with E-state index in [0.29, 0.717) is 19.0 Å². The molecule has 1 aromatic carbocycles. The summed E-state index contributed by atoms with van der Waals surface area (Å²) >= 11 is 0. The fourth-order valence-corrected chi connectivity index (χ4v) is 2.92. The monoisotopic (exact) mass is 371 g/mol. The molecule has 2 amide bonds. The quantitative estimate of drug-likeness (QED) is 0.866. The minimum absolute atomic E-state index is 0.0583. The van der Waals surface area contributed by atoms with E-state index in [4.69, 9.17) is 0 Å². The van der Waals surface area contributed by atoms with Crippen molar-refractivity contribution in [3.05, 3.63) is 29.8 Å². The summed E-state index contributed by atoms with van der Waals surface area (Å²) in [6.07, 6.45) is -2.62. The van der Waals surface area contributed by atoms with Crippen LogP contribution in [0.5, 0.6) is 0 Å². The number of nitrogens with zero attached hydrogens (tertiary/aromatic N) is 2. The van der Waals surface area contributed by atoms with Gasteiger partial charge in [-0.25, -0.2) is 0 Å². The summed E-state index contributed by atoms with van der Waals surface area (Å²) in [5, 5.41) is 2.28. The van der Waals surface area contributed by atoms with Crippen molar-refractivity contribution in [3.63, 3.8) is 0 Å². The summed E-state index contributed by atoms with van der Waals surface area (Å²) in [7, 11) is 1.60. The summed E-state index contributed by atoms with van der Waals surface area (Å²) in [5.41, 5.74) is -1.18. The van der Waals surface area contributed by atoms with Gasteiger partial charge in [0.2, 0.25) is 11.8 Å². The zero-order chi connectivity index (χ0) is 19.3. The van der Waals surface area contributed by atoms with Gasteiger partial charge in [-0.15, -0.1) is 0 Å². The maximum absolute atomic E-state index is 13.0. The van der Waals surface area contributed by atoms with E-state index in [1.165, 1.54) is 23.1 Å². The molecule has 0 bridgehead atoms. The number of hydrogen-bond donors (Lipinski definition) is 1. The van der Waals surface area contributed by atoms with Gasteiger partial charge in [-0.1, -0.05) is 19.1 Å². The van der Waals surface area contributed by atoms with Crippen molar-refractivity contribution in [2.75, 3.05) is 38.5 Å². The molecule has 0 spiro atoms. The van der Waals surface area contributed by atoms with E-state index in [1.54, 1.807) is 11.9 Å². The summed E-state index contributed by atoms with van der Waals surface area (Å²) in [5.74, 6) is -0.0524. The highest BCUT2D eigenvalue weighted by molar-refractivity contribution is 5.93. The molecule has 0 aromatic heterocycles. The Bertz CT molecular complexity index is 641. The first kappa shape index (κ1) is 20.2. The molecular weight excluding hydrogens is 347 g/mol. The van der Waals surface area contributed by atoms with Crippen molar-refractivity contribution >= 4 is 17.5 Å². The summed E-state index contributed by atoms with van der Waals surface area (Å²) in [6.45, 7) is 3.46. The molecule has 0 aliphatic carbocycles. The fraction of sp³-hybridized carbons (Fsp3) is 0.556. The zero-order valence-electron chi connectivity index (χ0n) is 15.0. The second-order valence-corrected chi connectivity index (χ2v) is 6.83. The third-order valence-electron chi connectivity index (χ3n) is 4.46. The Labute approximate surface area is 151 Å². The van der Waals surface area contributed by atoms with Gasteiger partial charge < -0.3 is 10.2 Å². The van der Waals surface area contributed by atoms with Crippen molar-refractivity contribution in [2.24, 2.45) is 5.92 Å². The molecule has 0 saturated carbocycles. The molecule has 1 heterocycles. The van der Waals surface area contributed by atoms with Crippen molar-refractivity contribution in [1.29, 1.82) is 0 Å². The Balaban J connectivity index is 1.87. The minimum Gasteiger partial charge on any atom is -0.342 e. The summed E-state index contributed by atoms with van der Waals surface area (Å²) in [4.78, 5) is 27.6. The van der Waals surface area contributed by atoms with E-state index in [2.05, 4.69) is 12.2 Å². The second-order valence-electron chi connectivity index (χ2n) is 6.83. The van der Waals surface area contributed by atoms with Gasteiger partial charge in [0.05, 0.1) is 24.3 Å². The van der Waals surface area contributed by atoms with Crippen molar-refractivity contribution in [2.45, 2.75) is 25.9 Å². The molecule has 0 radical (unpaired) electrons. The average molecular weight is 371 g/mol. The Kier molecular flexibility index (Phi) is 6.63. The number of anilines is 1. The third-order valence-corrected chi connectivity index (χ3v) is 4.46. The maximum atomic E-state index is 13.0. The largest absolute Gasteiger partial charge is 0.418 e. The lowest BCUT2D eigenvalue weighted by molar-refractivity contribution is -0.137. The van der Waals surface area contributed by atoms with Crippen LogP contribution in [0.25, 0.3) is 0 Å². The van der Waals surface area contributed by atoms with E-state index in [9.17, 15) is 22.8 Å². The number of alkyl halides is 3. The van der Waals surface area contributed by atoms with Gasteiger partial charge in [-0.05, 0) is 37.9 Å². The number of likely N-dealkylation sites (N-methyl/N-ethyl adjacent to an activating group) is 1. The molecule has 1 fully saturated rings. The highest BCUT2D eigenvalue weighted by Crippen LogP contribution is 2.34. The predicted molar refractivity (Wildman–Crippen MR) is 92.5 cm³/mol. The Morgan fingerprint density at radius 3 is 2.42 bits per heavy atom. The number of benzene rings is 1. The number of para-hydroxylation sites is 1. The van der Waals surface area contributed by atoms with E-state index in [0.717, 1.165) is 18.9 Å². The predicted octanol–water partition coefficient (Wildman–Crippen LogP) is 2.83. The first-order chi connectivity index (χ1) is 12.2. The topological polar surface area (TPSA) is 52.7 Å². The lowest BCUT2D eigenvalue weighted by atomic mass is 9.99. The number of piperidine rings is 1.